The number of ether oxygens (including phenoxy) is 2. The molecule has 170 valence electrons. The van der Waals surface area contributed by atoms with Gasteiger partial charge >= 0.3 is 17.9 Å². The normalized spacial score (nSPS) is 12.0. The molecule has 1 N–H and O–H groups in total. The van der Waals surface area contributed by atoms with Crippen LogP contribution in [0.5, 0.6) is 0 Å². The Kier molecular flexibility index (Phi) is 13.5. The van der Waals surface area contributed by atoms with Crippen LogP contribution in [0, 0.1) is 11.3 Å². The van der Waals surface area contributed by atoms with Gasteiger partial charge in [-0.15, -0.1) is 0 Å². The number of carboxylic acid groups (broad SMARTS) is 1. The second-order valence-corrected chi connectivity index (χ2v) is 7.95. The van der Waals surface area contributed by atoms with E-state index in [9.17, 15) is 33.9 Å². The minimum Gasteiger partial charge on any atom is -0.481 e. The molecule has 0 aromatic heterocycles. The smallest absolute Gasteiger partial charge is 0.307 e. The summed E-state index contributed by atoms with van der Waals surface area (Å²) in [7, 11) is 0. The summed E-state index contributed by atoms with van der Waals surface area (Å²) in [5.41, 5.74) is -1.14. The van der Waals surface area contributed by atoms with Crippen molar-refractivity contribution in [3.63, 3.8) is 0 Å². The summed E-state index contributed by atoms with van der Waals surface area (Å²) in [6.45, 7) is 0.995. The molecule has 1 unspecified atom stereocenters. The van der Waals surface area contributed by atoms with Crippen LogP contribution in [0.3, 0.4) is 0 Å². The molecule has 30 heavy (non-hydrogen) atoms. The van der Waals surface area contributed by atoms with E-state index in [-0.39, 0.29) is 51.7 Å². The monoisotopic (exact) mass is 488 g/mol. The van der Waals surface area contributed by atoms with Crippen molar-refractivity contribution in [1.29, 1.82) is 0 Å². The Morgan fingerprint density at radius 1 is 0.800 bits per heavy atom. The molecular weight excluding hydrogens is 467 g/mol. The molecule has 0 amide bonds. The molecule has 0 aliphatic rings. The molecule has 0 aromatic carbocycles. The molecule has 0 bridgehead atoms. The Morgan fingerprint density at radius 2 is 1.23 bits per heavy atom. The van der Waals surface area contributed by atoms with Crippen LogP contribution in [0.4, 0.5) is 0 Å². The number of carboxylic acids is 1. The number of halogens is 3. The van der Waals surface area contributed by atoms with Crippen molar-refractivity contribution in [3.8, 4) is 0 Å². The van der Waals surface area contributed by atoms with Crippen molar-refractivity contribution < 1.29 is 43.3 Å². The maximum atomic E-state index is 11.8. The molecule has 0 saturated carbocycles. The van der Waals surface area contributed by atoms with Gasteiger partial charge in [-0.25, -0.2) is 0 Å². The molecule has 0 aliphatic heterocycles. The van der Waals surface area contributed by atoms with Crippen molar-refractivity contribution >= 4 is 68.4 Å². The highest BCUT2D eigenvalue weighted by Gasteiger charge is 2.38. The topological polar surface area (TPSA) is 141 Å². The Morgan fingerprint density at radius 3 is 1.53 bits per heavy atom. The zero-order valence-corrected chi connectivity index (χ0v) is 18.6. The van der Waals surface area contributed by atoms with E-state index < -0.39 is 51.4 Å². The van der Waals surface area contributed by atoms with Gasteiger partial charge in [0.2, 0.25) is 15.7 Å². The van der Waals surface area contributed by atoms with Gasteiger partial charge < -0.3 is 14.6 Å². The zero-order chi connectivity index (χ0) is 23.3. The first kappa shape index (κ1) is 28.3. The third-order valence-corrected chi connectivity index (χ3v) is 4.85. The van der Waals surface area contributed by atoms with Crippen LogP contribution >= 0.6 is 34.8 Å². The maximum Gasteiger partial charge on any atom is 0.307 e. The SMILES string of the molecule is CCC(COC(=O)CCC(=O)Cl)(COC(=O)CCC(=O)Cl)CC(CC(=O)Cl)C(=O)O. The molecule has 0 aliphatic carbocycles. The molecule has 0 saturated heterocycles. The van der Waals surface area contributed by atoms with Gasteiger partial charge in [0.1, 0.15) is 13.2 Å². The van der Waals surface area contributed by atoms with E-state index >= 15 is 0 Å². The van der Waals surface area contributed by atoms with Gasteiger partial charge in [-0.1, -0.05) is 6.92 Å². The number of rotatable bonds is 16. The second kappa shape index (κ2) is 14.3. The fourth-order valence-corrected chi connectivity index (χ4v) is 2.86. The van der Waals surface area contributed by atoms with Crippen LogP contribution in [0.1, 0.15) is 51.9 Å². The van der Waals surface area contributed by atoms with Gasteiger partial charge in [-0.3, -0.25) is 28.8 Å². The fraction of sp³-hybridized carbons (Fsp3) is 0.667. The van der Waals surface area contributed by atoms with Gasteiger partial charge in [0.25, 0.3) is 0 Å². The van der Waals surface area contributed by atoms with Crippen LogP contribution < -0.4 is 0 Å². The Labute approximate surface area is 188 Å². The predicted molar refractivity (Wildman–Crippen MR) is 106 cm³/mol. The Balaban J connectivity index is 5.34. The van der Waals surface area contributed by atoms with Gasteiger partial charge in [0, 0.05) is 24.7 Å². The molecule has 0 fully saturated rings. The van der Waals surface area contributed by atoms with E-state index in [1.165, 1.54) is 0 Å². The first-order chi connectivity index (χ1) is 13.9. The van der Waals surface area contributed by atoms with Crippen LogP contribution in [0.15, 0.2) is 0 Å². The number of hydrogen-bond acceptors (Lipinski definition) is 8. The second-order valence-electron chi connectivity index (χ2n) is 6.68. The molecule has 0 aromatic rings. The van der Waals surface area contributed by atoms with E-state index in [0.717, 1.165) is 0 Å². The van der Waals surface area contributed by atoms with Crippen LogP contribution in [0.2, 0.25) is 0 Å². The molecule has 0 spiro atoms. The Bertz CT molecular complexity index is 629. The summed E-state index contributed by atoms with van der Waals surface area (Å²) in [4.78, 5) is 68.0. The summed E-state index contributed by atoms with van der Waals surface area (Å²) >= 11 is 15.7. The van der Waals surface area contributed by atoms with Gasteiger partial charge in [0.15, 0.2) is 0 Å². The van der Waals surface area contributed by atoms with Crippen LogP contribution in [-0.2, 0) is 38.2 Å². The summed E-state index contributed by atoms with van der Waals surface area (Å²) in [6.07, 6.45) is -1.46. The van der Waals surface area contributed by atoms with Crippen molar-refractivity contribution in [2.24, 2.45) is 11.3 Å². The van der Waals surface area contributed by atoms with Gasteiger partial charge in [-0.2, -0.15) is 0 Å². The molecular formula is C18H23Cl3O9. The quantitative estimate of drug-likeness (QED) is 0.256. The average molecular weight is 490 g/mol. The summed E-state index contributed by atoms with van der Waals surface area (Å²) in [5, 5.41) is 7.10. The Hall–Kier alpha value is -1.71. The highest BCUT2D eigenvalue weighted by atomic mass is 35.5. The number of carbonyl (C=O) groups is 6. The van der Waals surface area contributed by atoms with Crippen molar-refractivity contribution in [2.75, 3.05) is 13.2 Å². The zero-order valence-electron chi connectivity index (χ0n) is 16.3. The third-order valence-electron chi connectivity index (χ3n) is 4.32. The van der Waals surface area contributed by atoms with Crippen LogP contribution in [0.25, 0.3) is 0 Å². The van der Waals surface area contributed by atoms with Crippen molar-refractivity contribution in [1.82, 2.24) is 0 Å². The van der Waals surface area contributed by atoms with Gasteiger partial charge in [-0.05, 0) is 47.6 Å². The van der Waals surface area contributed by atoms with Crippen molar-refractivity contribution in [2.45, 2.75) is 51.9 Å². The first-order valence-corrected chi connectivity index (χ1v) is 10.1. The van der Waals surface area contributed by atoms with E-state index in [0.29, 0.717) is 0 Å². The summed E-state index contributed by atoms with van der Waals surface area (Å²) in [5.74, 6) is -4.00. The molecule has 0 radical (unpaired) electrons. The highest BCUT2D eigenvalue weighted by molar-refractivity contribution is 6.64. The maximum absolute atomic E-state index is 11.8. The first-order valence-electron chi connectivity index (χ1n) is 9.00. The molecule has 9 nitrogen and oxygen atoms in total. The lowest BCUT2D eigenvalue weighted by Gasteiger charge is -2.33. The lowest BCUT2D eigenvalue weighted by molar-refractivity contribution is -0.158. The average Bonchev–Trinajstić information content (AvgIpc) is 2.65. The summed E-state index contributed by atoms with van der Waals surface area (Å²) in [6, 6.07) is 0. The largest absolute Gasteiger partial charge is 0.481 e. The standard InChI is InChI=1S/C18H23Cl3O9/c1-2-18(8-11(17(27)28)7-14(21)24,9-29-15(25)5-3-12(19)22)10-30-16(26)6-4-13(20)23/h11H,2-10H2,1H3,(H,27,28). The number of hydrogen-bond donors (Lipinski definition) is 1. The third kappa shape index (κ3) is 12.8. The molecule has 12 heteroatoms. The lowest BCUT2D eigenvalue weighted by Crippen LogP contribution is -2.38. The van der Waals surface area contributed by atoms with Crippen molar-refractivity contribution in [3.05, 3.63) is 0 Å². The fourth-order valence-electron chi connectivity index (χ4n) is 2.48. The minimum absolute atomic E-state index is 0.180. The minimum atomic E-state index is -1.29. The number of carbonyl (C=O) groups excluding carboxylic acids is 5. The predicted octanol–water partition coefficient (Wildman–Crippen LogP) is 2.81. The van der Waals surface area contributed by atoms with E-state index in [1.807, 2.05) is 0 Å². The molecule has 0 rings (SSSR count). The summed E-state index contributed by atoms with van der Waals surface area (Å²) < 4.78 is 10.3. The number of aliphatic carboxylic acids is 1. The van der Waals surface area contributed by atoms with Crippen LogP contribution in [-0.4, -0.2) is 52.0 Å². The highest BCUT2D eigenvalue weighted by Crippen LogP contribution is 2.34. The van der Waals surface area contributed by atoms with Gasteiger partial charge in [0.05, 0.1) is 18.8 Å². The van der Waals surface area contributed by atoms with E-state index in [1.54, 1.807) is 6.92 Å². The van der Waals surface area contributed by atoms with E-state index in [4.69, 9.17) is 44.3 Å². The lowest BCUT2D eigenvalue weighted by atomic mass is 9.77. The number of esters is 2. The molecule has 0 heterocycles. The van der Waals surface area contributed by atoms with E-state index in [2.05, 4.69) is 0 Å². The molecule has 1 atom stereocenters.